The van der Waals surface area contributed by atoms with E-state index < -0.39 is 0 Å². The first-order chi connectivity index (χ1) is 6.75. The van der Waals surface area contributed by atoms with Crippen molar-refractivity contribution >= 4 is 43.2 Å². The number of halogens is 2. The summed E-state index contributed by atoms with van der Waals surface area (Å²) >= 11 is 8.44. The van der Waals surface area contributed by atoms with Crippen LogP contribution >= 0.6 is 43.2 Å². The lowest BCUT2D eigenvalue weighted by Gasteiger charge is -2.02. The molecule has 1 nitrogen and oxygen atoms in total. The molecule has 0 bridgehead atoms. The number of hydrogen-bond donors (Lipinski definition) is 0. The maximum absolute atomic E-state index is 5.66. The second-order valence-electron chi connectivity index (χ2n) is 2.60. The van der Waals surface area contributed by atoms with E-state index in [1.54, 1.807) is 11.3 Å². The molecule has 72 valence electrons. The number of para-hydroxylation sites is 1. The third-order valence-corrected chi connectivity index (χ3v) is 3.88. The highest BCUT2D eigenvalue weighted by Crippen LogP contribution is 2.39. The molecular formula is C10H6Br2OS. The molecule has 2 rings (SSSR count). The molecule has 2 aromatic rings. The van der Waals surface area contributed by atoms with Gasteiger partial charge in [0.05, 0.1) is 3.79 Å². The van der Waals surface area contributed by atoms with Gasteiger partial charge in [-0.3, -0.25) is 0 Å². The summed E-state index contributed by atoms with van der Waals surface area (Å²) in [5.74, 6) is 1.69. The molecule has 0 aliphatic rings. The van der Waals surface area contributed by atoms with E-state index in [1.165, 1.54) is 0 Å². The van der Waals surface area contributed by atoms with E-state index in [-0.39, 0.29) is 0 Å². The van der Waals surface area contributed by atoms with E-state index in [9.17, 15) is 0 Å². The molecule has 0 aliphatic carbocycles. The standard InChI is InChI=1S/C10H6Br2OS/c11-9-6-8(10(12)14-9)13-7-4-2-1-3-5-7/h1-6H. The fourth-order valence-electron chi connectivity index (χ4n) is 1.01. The number of thiophene rings is 1. The van der Waals surface area contributed by atoms with Crippen molar-refractivity contribution in [2.24, 2.45) is 0 Å². The lowest BCUT2D eigenvalue weighted by atomic mass is 10.3. The van der Waals surface area contributed by atoms with Gasteiger partial charge in [-0.15, -0.1) is 11.3 Å². The quantitative estimate of drug-likeness (QED) is 0.745. The summed E-state index contributed by atoms with van der Waals surface area (Å²) < 4.78 is 7.71. The van der Waals surface area contributed by atoms with Crippen molar-refractivity contribution in [3.8, 4) is 11.5 Å². The van der Waals surface area contributed by atoms with Crippen LogP contribution in [0.15, 0.2) is 44.0 Å². The number of benzene rings is 1. The summed E-state index contributed by atoms with van der Waals surface area (Å²) in [7, 11) is 0. The smallest absolute Gasteiger partial charge is 0.153 e. The zero-order chi connectivity index (χ0) is 9.97. The van der Waals surface area contributed by atoms with Crippen molar-refractivity contribution in [1.29, 1.82) is 0 Å². The molecule has 0 unspecified atom stereocenters. The second kappa shape index (κ2) is 4.47. The Balaban J connectivity index is 2.23. The summed E-state index contributed by atoms with van der Waals surface area (Å²) in [5, 5.41) is 0. The van der Waals surface area contributed by atoms with E-state index in [0.29, 0.717) is 0 Å². The Morgan fingerprint density at radius 2 is 1.79 bits per heavy atom. The zero-order valence-electron chi connectivity index (χ0n) is 7.04. The van der Waals surface area contributed by atoms with Crippen molar-refractivity contribution in [3.63, 3.8) is 0 Å². The second-order valence-corrected chi connectivity index (χ2v) is 6.35. The minimum Gasteiger partial charge on any atom is -0.455 e. The van der Waals surface area contributed by atoms with Crippen LogP contribution in [0.2, 0.25) is 0 Å². The third kappa shape index (κ3) is 2.38. The van der Waals surface area contributed by atoms with Crippen molar-refractivity contribution in [2.75, 3.05) is 0 Å². The monoisotopic (exact) mass is 332 g/mol. The molecule has 0 aliphatic heterocycles. The lowest BCUT2D eigenvalue weighted by Crippen LogP contribution is -1.80. The van der Waals surface area contributed by atoms with Gasteiger partial charge in [0, 0.05) is 6.07 Å². The third-order valence-electron chi connectivity index (χ3n) is 1.60. The van der Waals surface area contributed by atoms with Crippen LogP contribution in [0.5, 0.6) is 11.5 Å². The molecule has 0 saturated carbocycles. The van der Waals surface area contributed by atoms with Crippen molar-refractivity contribution < 1.29 is 4.74 Å². The van der Waals surface area contributed by atoms with Gasteiger partial charge >= 0.3 is 0 Å². The minimum absolute atomic E-state index is 0.841. The van der Waals surface area contributed by atoms with E-state index in [1.807, 2.05) is 36.4 Å². The molecule has 0 atom stereocenters. The maximum Gasteiger partial charge on any atom is 0.153 e. The Hall–Kier alpha value is -0.320. The van der Waals surface area contributed by atoms with Crippen LogP contribution < -0.4 is 4.74 Å². The highest BCUT2D eigenvalue weighted by atomic mass is 79.9. The van der Waals surface area contributed by atoms with Crippen LogP contribution in [-0.4, -0.2) is 0 Å². The van der Waals surface area contributed by atoms with Crippen LogP contribution in [0.3, 0.4) is 0 Å². The number of ether oxygens (including phenoxy) is 1. The summed E-state index contributed by atoms with van der Waals surface area (Å²) in [6.45, 7) is 0. The maximum atomic E-state index is 5.66. The predicted octanol–water partition coefficient (Wildman–Crippen LogP) is 5.07. The Morgan fingerprint density at radius 3 is 2.36 bits per heavy atom. The van der Waals surface area contributed by atoms with Gasteiger partial charge in [-0.1, -0.05) is 18.2 Å². The fraction of sp³-hybridized carbons (Fsp3) is 0. The molecule has 1 heterocycles. The van der Waals surface area contributed by atoms with Crippen molar-refractivity contribution in [3.05, 3.63) is 44.0 Å². The number of rotatable bonds is 2. The average molecular weight is 334 g/mol. The fourth-order valence-corrected chi connectivity index (χ4v) is 3.61. The van der Waals surface area contributed by atoms with E-state index in [2.05, 4.69) is 31.9 Å². The van der Waals surface area contributed by atoms with Crippen LogP contribution in [0, 0.1) is 0 Å². The first-order valence-corrected chi connectivity index (χ1v) is 6.33. The molecule has 1 aromatic carbocycles. The molecule has 0 spiro atoms. The van der Waals surface area contributed by atoms with Gasteiger partial charge in [-0.2, -0.15) is 0 Å². The first-order valence-electron chi connectivity index (χ1n) is 3.93. The molecular weight excluding hydrogens is 328 g/mol. The van der Waals surface area contributed by atoms with E-state index in [0.717, 1.165) is 19.1 Å². The molecule has 14 heavy (non-hydrogen) atoms. The SMILES string of the molecule is Brc1cc(Oc2ccccc2)c(Br)s1. The molecule has 0 radical (unpaired) electrons. The van der Waals surface area contributed by atoms with Gasteiger partial charge in [-0.25, -0.2) is 0 Å². The van der Waals surface area contributed by atoms with E-state index >= 15 is 0 Å². The molecule has 0 fully saturated rings. The molecule has 0 saturated heterocycles. The van der Waals surface area contributed by atoms with Gasteiger partial charge in [-0.05, 0) is 44.0 Å². The Bertz CT molecular complexity index is 425. The minimum atomic E-state index is 0.841. The molecule has 4 heteroatoms. The zero-order valence-corrected chi connectivity index (χ0v) is 11.0. The Kier molecular flexibility index (Phi) is 3.26. The highest BCUT2D eigenvalue weighted by Gasteiger charge is 2.06. The average Bonchev–Trinajstić information content (AvgIpc) is 2.47. The van der Waals surface area contributed by atoms with Gasteiger partial charge in [0.2, 0.25) is 0 Å². The van der Waals surface area contributed by atoms with Crippen molar-refractivity contribution in [1.82, 2.24) is 0 Å². The van der Waals surface area contributed by atoms with Crippen LogP contribution in [0.1, 0.15) is 0 Å². The number of hydrogen-bond acceptors (Lipinski definition) is 2. The van der Waals surface area contributed by atoms with Crippen LogP contribution in [0.4, 0.5) is 0 Å². The lowest BCUT2D eigenvalue weighted by molar-refractivity contribution is 0.482. The van der Waals surface area contributed by atoms with Gasteiger partial charge < -0.3 is 4.74 Å². The van der Waals surface area contributed by atoms with Gasteiger partial charge in [0.25, 0.3) is 0 Å². The predicted molar refractivity (Wildman–Crippen MR) is 66.2 cm³/mol. The normalized spacial score (nSPS) is 10.1. The summed E-state index contributed by atoms with van der Waals surface area (Å²) in [5.41, 5.74) is 0. The molecule has 0 amide bonds. The Morgan fingerprint density at radius 1 is 1.07 bits per heavy atom. The highest BCUT2D eigenvalue weighted by molar-refractivity contribution is 9.12. The Labute approximate surface area is 103 Å². The summed E-state index contributed by atoms with van der Waals surface area (Å²) in [6.07, 6.45) is 0. The van der Waals surface area contributed by atoms with Crippen LogP contribution in [0.25, 0.3) is 0 Å². The molecule has 0 N–H and O–H groups in total. The van der Waals surface area contributed by atoms with Gasteiger partial charge in [0.1, 0.15) is 9.54 Å². The summed E-state index contributed by atoms with van der Waals surface area (Å²) in [4.78, 5) is 0. The molecule has 1 aromatic heterocycles. The van der Waals surface area contributed by atoms with E-state index in [4.69, 9.17) is 4.74 Å². The van der Waals surface area contributed by atoms with Crippen molar-refractivity contribution in [2.45, 2.75) is 0 Å². The first kappa shape index (κ1) is 10.2. The van der Waals surface area contributed by atoms with Crippen LogP contribution in [-0.2, 0) is 0 Å². The summed E-state index contributed by atoms with van der Waals surface area (Å²) in [6, 6.07) is 11.7. The largest absolute Gasteiger partial charge is 0.455 e. The topological polar surface area (TPSA) is 9.23 Å². The van der Waals surface area contributed by atoms with Gasteiger partial charge in [0.15, 0.2) is 5.75 Å².